The third kappa shape index (κ3) is 3.88. The Morgan fingerprint density at radius 1 is 1.07 bits per heavy atom. The number of hydrogen-bond acceptors (Lipinski definition) is 4. The zero-order valence-corrected chi connectivity index (χ0v) is 16.6. The first-order valence-electron chi connectivity index (χ1n) is 9.87. The Bertz CT molecular complexity index is 712. The zero-order chi connectivity index (χ0) is 18.8. The van der Waals surface area contributed by atoms with Gasteiger partial charge in [-0.25, -0.2) is 9.59 Å². The summed E-state index contributed by atoms with van der Waals surface area (Å²) in [5.41, 5.74) is 6.63. The number of carbonyl (C=O) groups excluding carboxylic acids is 2. The number of nitrogens with one attached hydrogen (secondary N) is 2. The van der Waals surface area contributed by atoms with E-state index in [1.165, 1.54) is 54.2 Å². The Morgan fingerprint density at radius 2 is 1.70 bits per heavy atom. The first-order chi connectivity index (χ1) is 13.2. The summed E-state index contributed by atoms with van der Waals surface area (Å²) in [5, 5.41) is 3.49. The maximum absolute atomic E-state index is 12.5. The highest BCUT2D eigenvalue weighted by Crippen LogP contribution is 2.38. The Labute approximate surface area is 164 Å². The van der Waals surface area contributed by atoms with E-state index < -0.39 is 0 Å². The molecule has 1 fully saturated rings. The number of anilines is 1. The highest BCUT2D eigenvalue weighted by molar-refractivity contribution is 7.98. The van der Waals surface area contributed by atoms with Crippen LogP contribution in [0.2, 0.25) is 0 Å². The fourth-order valence-corrected chi connectivity index (χ4v) is 5.30. The van der Waals surface area contributed by atoms with Crippen molar-refractivity contribution in [2.75, 3.05) is 25.5 Å². The molecule has 0 aromatic heterocycles. The van der Waals surface area contributed by atoms with Crippen molar-refractivity contribution in [1.82, 2.24) is 9.62 Å². The van der Waals surface area contributed by atoms with E-state index in [1.807, 2.05) is 0 Å². The molecule has 4 rings (SSSR count). The third-order valence-electron chi connectivity index (χ3n) is 5.90. The molecule has 27 heavy (non-hydrogen) atoms. The quantitative estimate of drug-likeness (QED) is 0.774. The first-order valence-corrected chi connectivity index (χ1v) is 10.8. The second-order valence-electron chi connectivity index (χ2n) is 7.56. The second kappa shape index (κ2) is 8.00. The predicted molar refractivity (Wildman–Crippen MR) is 107 cm³/mol. The van der Waals surface area contributed by atoms with Gasteiger partial charge in [-0.2, -0.15) is 0 Å². The molecule has 0 atom stereocenters. The van der Waals surface area contributed by atoms with Gasteiger partial charge >= 0.3 is 12.1 Å². The average Bonchev–Trinajstić information content (AvgIpc) is 3.35. The van der Waals surface area contributed by atoms with Crippen molar-refractivity contribution in [2.45, 2.75) is 56.6 Å². The van der Waals surface area contributed by atoms with Crippen LogP contribution in [0, 0.1) is 0 Å². The minimum atomic E-state index is -0.268. The Balaban J connectivity index is 1.33. The number of amides is 3. The van der Waals surface area contributed by atoms with E-state index in [0.717, 1.165) is 44.2 Å². The first kappa shape index (κ1) is 18.5. The van der Waals surface area contributed by atoms with Gasteiger partial charge in [0, 0.05) is 24.0 Å². The van der Waals surface area contributed by atoms with Crippen LogP contribution < -0.4 is 10.0 Å². The van der Waals surface area contributed by atoms with Gasteiger partial charge in [0.15, 0.2) is 0 Å². The lowest BCUT2D eigenvalue weighted by molar-refractivity contribution is 0.116. The molecule has 0 spiro atoms. The topological polar surface area (TPSA) is 70.7 Å². The van der Waals surface area contributed by atoms with Crippen LogP contribution in [0.15, 0.2) is 6.07 Å². The molecular weight excluding hydrogens is 362 g/mol. The van der Waals surface area contributed by atoms with Crippen LogP contribution in [-0.4, -0.2) is 42.5 Å². The van der Waals surface area contributed by atoms with Crippen molar-refractivity contribution in [3.8, 4) is 0 Å². The number of benzene rings is 1. The standard InChI is InChI=1S/C20H27N3O3S/c1-26-20(25)23-10-8-15(9-11-23)27-22-19(24)21-18-16-6-2-4-13(16)12-14-5-3-7-17(14)18/h12,15H,2-11H2,1H3,(H2,21,22,24). The number of urea groups is 1. The fraction of sp³-hybridized carbons (Fsp3) is 0.600. The van der Waals surface area contributed by atoms with Crippen molar-refractivity contribution in [2.24, 2.45) is 0 Å². The molecular formula is C20H27N3O3S. The fourth-order valence-electron chi connectivity index (χ4n) is 4.53. The number of rotatable bonds is 3. The summed E-state index contributed by atoms with van der Waals surface area (Å²) in [5.74, 6) is 0. The van der Waals surface area contributed by atoms with Gasteiger partial charge in [-0.05, 0) is 85.6 Å². The number of fused-ring (bicyclic) bond motifs is 2. The van der Waals surface area contributed by atoms with Crippen LogP contribution >= 0.6 is 11.9 Å². The summed E-state index contributed by atoms with van der Waals surface area (Å²) in [6, 6.07) is 2.24. The van der Waals surface area contributed by atoms with Gasteiger partial charge in [-0.15, -0.1) is 0 Å². The molecule has 1 saturated heterocycles. The molecule has 7 heteroatoms. The number of ether oxygens (including phenoxy) is 1. The summed E-state index contributed by atoms with van der Waals surface area (Å²) >= 11 is 1.47. The van der Waals surface area contributed by atoms with Crippen LogP contribution in [0.4, 0.5) is 15.3 Å². The molecule has 1 aromatic rings. The van der Waals surface area contributed by atoms with E-state index in [2.05, 4.69) is 16.1 Å². The predicted octanol–water partition coefficient (Wildman–Crippen LogP) is 3.66. The van der Waals surface area contributed by atoms with E-state index in [1.54, 1.807) is 4.90 Å². The number of nitrogens with zero attached hydrogens (tertiary/aromatic N) is 1. The number of aryl methyl sites for hydroxylation is 2. The van der Waals surface area contributed by atoms with Crippen molar-refractivity contribution in [3.05, 3.63) is 28.3 Å². The van der Waals surface area contributed by atoms with Gasteiger partial charge in [0.2, 0.25) is 0 Å². The van der Waals surface area contributed by atoms with E-state index in [-0.39, 0.29) is 12.1 Å². The van der Waals surface area contributed by atoms with Crippen molar-refractivity contribution in [1.29, 1.82) is 0 Å². The van der Waals surface area contributed by atoms with Gasteiger partial charge in [0.1, 0.15) is 0 Å². The molecule has 0 radical (unpaired) electrons. The molecule has 2 aliphatic carbocycles. The summed E-state index contributed by atoms with van der Waals surface area (Å²) in [4.78, 5) is 25.8. The minimum Gasteiger partial charge on any atom is -0.453 e. The molecule has 1 aromatic carbocycles. The summed E-state index contributed by atoms with van der Waals surface area (Å²) in [7, 11) is 1.41. The SMILES string of the molecule is COC(=O)N1CCC(SNC(=O)Nc2c3c(cc4c2CCC4)CCC3)CC1. The molecule has 0 unspecified atom stereocenters. The summed E-state index contributed by atoms with van der Waals surface area (Å²) < 4.78 is 7.74. The summed E-state index contributed by atoms with van der Waals surface area (Å²) in [6.07, 6.45) is 8.21. The highest BCUT2D eigenvalue weighted by Gasteiger charge is 2.26. The van der Waals surface area contributed by atoms with E-state index in [0.29, 0.717) is 18.3 Å². The van der Waals surface area contributed by atoms with Crippen LogP contribution in [0.25, 0.3) is 0 Å². The van der Waals surface area contributed by atoms with Gasteiger partial charge in [-0.1, -0.05) is 6.07 Å². The van der Waals surface area contributed by atoms with Crippen molar-refractivity contribution in [3.63, 3.8) is 0 Å². The maximum Gasteiger partial charge on any atom is 0.409 e. The molecule has 146 valence electrons. The molecule has 1 heterocycles. The van der Waals surface area contributed by atoms with Crippen molar-refractivity contribution < 1.29 is 14.3 Å². The molecule has 6 nitrogen and oxygen atoms in total. The van der Waals surface area contributed by atoms with Gasteiger partial charge in [0.25, 0.3) is 0 Å². The van der Waals surface area contributed by atoms with E-state index >= 15 is 0 Å². The Kier molecular flexibility index (Phi) is 5.48. The lowest BCUT2D eigenvalue weighted by atomic mass is 9.99. The zero-order valence-electron chi connectivity index (χ0n) is 15.8. The lowest BCUT2D eigenvalue weighted by Crippen LogP contribution is -2.40. The molecule has 3 aliphatic rings. The van der Waals surface area contributed by atoms with Crippen molar-refractivity contribution >= 4 is 29.8 Å². The number of likely N-dealkylation sites (tertiary alicyclic amines) is 1. The number of methoxy groups -OCH3 is 1. The van der Waals surface area contributed by atoms with Crippen LogP contribution in [0.3, 0.4) is 0 Å². The second-order valence-corrected chi connectivity index (χ2v) is 8.67. The maximum atomic E-state index is 12.5. The van der Waals surface area contributed by atoms with Crippen LogP contribution in [0.1, 0.15) is 47.9 Å². The molecule has 3 amide bonds. The lowest BCUT2D eigenvalue weighted by Gasteiger charge is -2.30. The smallest absolute Gasteiger partial charge is 0.409 e. The molecule has 1 aliphatic heterocycles. The molecule has 0 saturated carbocycles. The normalized spacial score (nSPS) is 18.8. The largest absolute Gasteiger partial charge is 0.453 e. The minimum absolute atomic E-state index is 0.134. The number of hydrogen-bond donors (Lipinski definition) is 2. The third-order valence-corrected chi connectivity index (χ3v) is 7.01. The highest BCUT2D eigenvalue weighted by atomic mass is 32.2. The molecule has 0 bridgehead atoms. The van der Waals surface area contributed by atoms with Crippen LogP contribution in [0.5, 0.6) is 0 Å². The van der Waals surface area contributed by atoms with Gasteiger partial charge in [-0.3, -0.25) is 4.72 Å². The number of piperidine rings is 1. The summed E-state index contributed by atoms with van der Waals surface area (Å²) in [6.45, 7) is 1.35. The Hall–Kier alpha value is -1.89. The van der Waals surface area contributed by atoms with Gasteiger partial charge in [0.05, 0.1) is 7.11 Å². The van der Waals surface area contributed by atoms with Crippen LogP contribution in [-0.2, 0) is 30.4 Å². The van der Waals surface area contributed by atoms with E-state index in [9.17, 15) is 9.59 Å². The number of carbonyl (C=O) groups is 2. The Morgan fingerprint density at radius 3 is 2.30 bits per heavy atom. The molecule has 2 N–H and O–H groups in total. The average molecular weight is 390 g/mol. The van der Waals surface area contributed by atoms with E-state index in [4.69, 9.17) is 4.74 Å². The monoisotopic (exact) mass is 389 g/mol. The van der Waals surface area contributed by atoms with Gasteiger partial charge < -0.3 is 15.0 Å².